The molecule has 5 heteroatoms. The molecule has 0 N–H and O–H groups in total. The van der Waals surface area contributed by atoms with Crippen LogP contribution in [0.5, 0.6) is 0 Å². The van der Waals surface area contributed by atoms with Crippen LogP contribution in [0.4, 0.5) is 0 Å². The second-order valence-electron chi connectivity index (χ2n) is 3.74. The summed E-state index contributed by atoms with van der Waals surface area (Å²) in [5.74, 6) is 0. The summed E-state index contributed by atoms with van der Waals surface area (Å²) >= 11 is 0. The summed E-state index contributed by atoms with van der Waals surface area (Å²) in [6.45, 7) is 2.93. The topological polar surface area (TPSA) is 34.0 Å². The standard InChI is InChI=1S/C8H9N3.C3H9N.ClH/c1-2-11-8-6-4-3-5-7(8)9-10-11;1-4(2)3;/h3-6H,2H2,1H3;1-3H3;1H. The lowest BCUT2D eigenvalue weighted by Crippen LogP contribution is -1.99. The third kappa shape index (κ3) is 4.16. The molecular formula is C11H19ClN4. The fraction of sp³-hybridized carbons (Fsp3) is 0.455. The van der Waals surface area contributed by atoms with Crippen molar-refractivity contribution in [3.8, 4) is 0 Å². The SMILES string of the molecule is CCn1nnc2ccccc21.CN(C)C.Cl. The highest BCUT2D eigenvalue weighted by Gasteiger charge is 1.98. The second-order valence-corrected chi connectivity index (χ2v) is 3.74. The lowest BCUT2D eigenvalue weighted by atomic mass is 10.3. The maximum atomic E-state index is 4.00. The van der Waals surface area contributed by atoms with E-state index in [-0.39, 0.29) is 12.4 Å². The highest BCUT2D eigenvalue weighted by Crippen LogP contribution is 2.08. The van der Waals surface area contributed by atoms with Gasteiger partial charge in [-0.05, 0) is 40.2 Å². The van der Waals surface area contributed by atoms with Gasteiger partial charge in [-0.15, -0.1) is 17.5 Å². The number of aryl methyl sites for hydroxylation is 1. The van der Waals surface area contributed by atoms with Crippen LogP contribution in [-0.2, 0) is 6.54 Å². The van der Waals surface area contributed by atoms with Crippen molar-refractivity contribution in [3.05, 3.63) is 24.3 Å². The van der Waals surface area contributed by atoms with E-state index in [4.69, 9.17) is 0 Å². The molecule has 1 aromatic carbocycles. The van der Waals surface area contributed by atoms with Crippen molar-refractivity contribution in [1.29, 1.82) is 0 Å². The van der Waals surface area contributed by atoms with Gasteiger partial charge in [0.1, 0.15) is 5.52 Å². The summed E-state index contributed by atoms with van der Waals surface area (Å²) in [5, 5.41) is 7.98. The van der Waals surface area contributed by atoms with Gasteiger partial charge in [-0.25, -0.2) is 4.68 Å². The summed E-state index contributed by atoms with van der Waals surface area (Å²) in [4.78, 5) is 2.00. The van der Waals surface area contributed by atoms with Gasteiger partial charge in [-0.3, -0.25) is 0 Å². The average Bonchev–Trinajstić information content (AvgIpc) is 2.59. The molecule has 0 saturated carbocycles. The Morgan fingerprint density at radius 2 is 1.75 bits per heavy atom. The Bertz CT molecular complexity index is 408. The second kappa shape index (κ2) is 7.19. The van der Waals surface area contributed by atoms with E-state index in [0.717, 1.165) is 17.6 Å². The molecule has 16 heavy (non-hydrogen) atoms. The van der Waals surface area contributed by atoms with Gasteiger partial charge in [0.2, 0.25) is 0 Å². The van der Waals surface area contributed by atoms with E-state index in [2.05, 4.69) is 17.2 Å². The minimum atomic E-state index is 0. The molecule has 1 aromatic heterocycles. The predicted octanol–water partition coefficient (Wildman–Crippen LogP) is 2.05. The summed E-state index contributed by atoms with van der Waals surface area (Å²) in [7, 11) is 6.00. The number of rotatable bonds is 1. The lowest BCUT2D eigenvalue weighted by Gasteiger charge is -1.93. The van der Waals surface area contributed by atoms with Gasteiger partial charge in [-0.1, -0.05) is 17.3 Å². The van der Waals surface area contributed by atoms with Crippen LogP contribution in [-0.4, -0.2) is 41.0 Å². The van der Waals surface area contributed by atoms with Crippen LogP contribution < -0.4 is 0 Å². The molecule has 2 rings (SSSR count). The summed E-state index contributed by atoms with van der Waals surface area (Å²) < 4.78 is 1.88. The molecule has 0 fully saturated rings. The van der Waals surface area contributed by atoms with Gasteiger partial charge in [0.05, 0.1) is 5.52 Å². The molecule has 0 amide bonds. The van der Waals surface area contributed by atoms with Crippen LogP contribution in [0.3, 0.4) is 0 Å². The highest BCUT2D eigenvalue weighted by molar-refractivity contribution is 5.85. The van der Waals surface area contributed by atoms with Crippen LogP contribution in [0.2, 0.25) is 0 Å². The van der Waals surface area contributed by atoms with Crippen molar-refractivity contribution < 1.29 is 0 Å². The van der Waals surface area contributed by atoms with Gasteiger partial charge >= 0.3 is 0 Å². The van der Waals surface area contributed by atoms with Crippen molar-refractivity contribution in [2.75, 3.05) is 21.1 Å². The number of fused-ring (bicyclic) bond motifs is 1. The normalized spacial score (nSPS) is 9.56. The van der Waals surface area contributed by atoms with Crippen LogP contribution >= 0.6 is 12.4 Å². The number of aromatic nitrogens is 3. The molecule has 90 valence electrons. The first-order valence-corrected chi connectivity index (χ1v) is 5.04. The van der Waals surface area contributed by atoms with Gasteiger partial charge in [0, 0.05) is 6.54 Å². The van der Waals surface area contributed by atoms with Crippen molar-refractivity contribution in [2.45, 2.75) is 13.5 Å². The molecule has 0 radical (unpaired) electrons. The van der Waals surface area contributed by atoms with Crippen LogP contribution in [0.25, 0.3) is 11.0 Å². The fourth-order valence-corrected chi connectivity index (χ4v) is 1.15. The van der Waals surface area contributed by atoms with Crippen LogP contribution in [0, 0.1) is 0 Å². The van der Waals surface area contributed by atoms with E-state index in [1.807, 2.05) is 55.0 Å². The summed E-state index contributed by atoms with van der Waals surface area (Å²) in [6.07, 6.45) is 0. The molecule has 4 nitrogen and oxygen atoms in total. The Morgan fingerprint density at radius 1 is 1.19 bits per heavy atom. The summed E-state index contributed by atoms with van der Waals surface area (Å²) in [6, 6.07) is 7.96. The molecular weight excluding hydrogens is 224 g/mol. The Labute approximate surface area is 103 Å². The average molecular weight is 243 g/mol. The minimum absolute atomic E-state index is 0. The third-order valence-corrected chi connectivity index (χ3v) is 1.72. The number of halogens is 1. The molecule has 0 spiro atoms. The molecule has 0 aliphatic rings. The van der Waals surface area contributed by atoms with Gasteiger partial charge in [0.25, 0.3) is 0 Å². The summed E-state index contributed by atoms with van der Waals surface area (Å²) in [5.41, 5.74) is 2.07. The maximum Gasteiger partial charge on any atom is 0.113 e. The molecule has 0 atom stereocenters. The Kier molecular flexibility index (Phi) is 6.69. The number of nitrogens with zero attached hydrogens (tertiary/aromatic N) is 4. The zero-order valence-corrected chi connectivity index (χ0v) is 11.0. The largest absolute Gasteiger partial charge is 0.312 e. The number of hydrogen-bond donors (Lipinski definition) is 0. The van der Waals surface area contributed by atoms with E-state index in [0.29, 0.717) is 0 Å². The molecule has 0 aliphatic heterocycles. The molecule has 0 saturated heterocycles. The maximum absolute atomic E-state index is 4.00. The predicted molar refractivity (Wildman–Crippen MR) is 70.1 cm³/mol. The zero-order valence-electron chi connectivity index (χ0n) is 10.2. The molecule has 0 bridgehead atoms. The molecule has 0 aliphatic carbocycles. The van der Waals surface area contributed by atoms with Crippen molar-refractivity contribution in [1.82, 2.24) is 19.9 Å². The number of benzene rings is 1. The third-order valence-electron chi connectivity index (χ3n) is 1.72. The van der Waals surface area contributed by atoms with E-state index in [9.17, 15) is 0 Å². The Morgan fingerprint density at radius 3 is 2.31 bits per heavy atom. The van der Waals surface area contributed by atoms with E-state index < -0.39 is 0 Å². The van der Waals surface area contributed by atoms with E-state index in [1.54, 1.807) is 0 Å². The minimum Gasteiger partial charge on any atom is -0.312 e. The smallest absolute Gasteiger partial charge is 0.113 e. The quantitative estimate of drug-likeness (QED) is 0.768. The molecule has 0 unspecified atom stereocenters. The van der Waals surface area contributed by atoms with Crippen molar-refractivity contribution >= 4 is 23.4 Å². The fourth-order valence-electron chi connectivity index (χ4n) is 1.15. The number of hydrogen-bond acceptors (Lipinski definition) is 3. The lowest BCUT2D eigenvalue weighted by molar-refractivity contribution is 0.505. The molecule has 1 heterocycles. The van der Waals surface area contributed by atoms with Crippen molar-refractivity contribution in [2.24, 2.45) is 0 Å². The first-order valence-electron chi connectivity index (χ1n) is 5.04. The monoisotopic (exact) mass is 242 g/mol. The van der Waals surface area contributed by atoms with E-state index >= 15 is 0 Å². The van der Waals surface area contributed by atoms with Crippen molar-refractivity contribution in [3.63, 3.8) is 0 Å². The number of para-hydroxylation sites is 1. The Balaban J connectivity index is 0.000000397. The zero-order chi connectivity index (χ0) is 11.3. The van der Waals surface area contributed by atoms with Gasteiger partial charge < -0.3 is 4.90 Å². The van der Waals surface area contributed by atoms with E-state index in [1.165, 1.54) is 0 Å². The molecule has 2 aromatic rings. The van der Waals surface area contributed by atoms with Gasteiger partial charge in [-0.2, -0.15) is 0 Å². The first-order chi connectivity index (χ1) is 7.15. The highest BCUT2D eigenvalue weighted by atomic mass is 35.5. The Hall–Kier alpha value is -1.13. The van der Waals surface area contributed by atoms with Gasteiger partial charge in [0.15, 0.2) is 0 Å². The van der Waals surface area contributed by atoms with Crippen LogP contribution in [0.1, 0.15) is 6.92 Å². The van der Waals surface area contributed by atoms with Crippen LogP contribution in [0.15, 0.2) is 24.3 Å². The first kappa shape index (κ1) is 14.9.